The number of nitro benzene ring substituents is 1. The summed E-state index contributed by atoms with van der Waals surface area (Å²) < 4.78 is 30.9. The molecule has 8 heteroatoms. The van der Waals surface area contributed by atoms with E-state index in [0.29, 0.717) is 25.1 Å². The number of hydrogen-bond donors (Lipinski definition) is 0. The summed E-state index contributed by atoms with van der Waals surface area (Å²) in [6.07, 6.45) is -2.28. The molecule has 1 heterocycles. The maximum absolute atomic E-state index is 12.9. The Kier molecular flexibility index (Phi) is 4.23. The zero-order valence-electron chi connectivity index (χ0n) is 10.4. The number of morpholine rings is 1. The van der Waals surface area contributed by atoms with Crippen molar-refractivity contribution in [3.63, 3.8) is 0 Å². The van der Waals surface area contributed by atoms with Crippen molar-refractivity contribution in [1.82, 2.24) is 0 Å². The first-order valence-electron chi connectivity index (χ1n) is 5.90. The first-order chi connectivity index (χ1) is 9.54. The van der Waals surface area contributed by atoms with E-state index in [-0.39, 0.29) is 6.61 Å². The number of benzene rings is 1. The molecule has 2 rings (SSSR count). The Labute approximate surface area is 113 Å². The Hall–Kier alpha value is -2.09. The molecule has 0 saturated carbocycles. The van der Waals surface area contributed by atoms with Crippen molar-refractivity contribution in [3.8, 4) is 0 Å². The second-order valence-electron chi connectivity index (χ2n) is 4.27. The number of carbonyl (C=O) groups excluding carboxylic acids is 1. The van der Waals surface area contributed by atoms with Gasteiger partial charge in [-0.2, -0.15) is 0 Å². The lowest BCUT2D eigenvalue weighted by Crippen LogP contribution is -2.46. The van der Waals surface area contributed by atoms with Crippen LogP contribution >= 0.6 is 0 Å². The molecule has 0 aliphatic carbocycles. The van der Waals surface area contributed by atoms with E-state index in [4.69, 9.17) is 4.74 Å². The normalized spacial score (nSPS) is 19.1. The van der Waals surface area contributed by atoms with E-state index in [1.807, 2.05) is 0 Å². The fourth-order valence-electron chi connectivity index (χ4n) is 2.12. The van der Waals surface area contributed by atoms with Gasteiger partial charge in [0.05, 0.1) is 23.7 Å². The van der Waals surface area contributed by atoms with Gasteiger partial charge in [0.15, 0.2) is 0 Å². The van der Waals surface area contributed by atoms with Crippen molar-refractivity contribution >= 4 is 17.7 Å². The molecule has 0 N–H and O–H groups in total. The SMILES string of the molecule is O=CC1COCCN1c1ccc([N+](=O)[O-])c(C(F)F)c1. The third-order valence-electron chi connectivity index (χ3n) is 3.10. The maximum Gasteiger partial charge on any atom is 0.278 e. The summed E-state index contributed by atoms with van der Waals surface area (Å²) in [4.78, 5) is 22.4. The van der Waals surface area contributed by atoms with Crippen molar-refractivity contribution < 1.29 is 23.2 Å². The smallest absolute Gasteiger partial charge is 0.278 e. The van der Waals surface area contributed by atoms with Gasteiger partial charge in [-0.15, -0.1) is 0 Å². The Morgan fingerprint density at radius 3 is 2.85 bits per heavy atom. The van der Waals surface area contributed by atoms with Gasteiger partial charge in [-0.05, 0) is 12.1 Å². The van der Waals surface area contributed by atoms with Crippen molar-refractivity contribution in [2.24, 2.45) is 0 Å². The molecule has 1 fully saturated rings. The Balaban J connectivity index is 2.39. The molecule has 1 aromatic carbocycles. The van der Waals surface area contributed by atoms with Gasteiger partial charge in [0.1, 0.15) is 12.3 Å². The fraction of sp³-hybridized carbons (Fsp3) is 0.417. The molecule has 20 heavy (non-hydrogen) atoms. The average Bonchev–Trinajstić information content (AvgIpc) is 2.46. The molecule has 0 bridgehead atoms. The van der Waals surface area contributed by atoms with E-state index in [1.165, 1.54) is 6.07 Å². The summed E-state index contributed by atoms with van der Waals surface area (Å²) in [5, 5.41) is 10.7. The lowest BCUT2D eigenvalue weighted by Gasteiger charge is -2.34. The van der Waals surface area contributed by atoms with Crippen LogP contribution in [0.5, 0.6) is 0 Å². The average molecular weight is 286 g/mol. The first kappa shape index (κ1) is 14.3. The van der Waals surface area contributed by atoms with Crippen molar-refractivity contribution in [3.05, 3.63) is 33.9 Å². The minimum atomic E-state index is -2.95. The number of hydrogen-bond acceptors (Lipinski definition) is 5. The summed E-state index contributed by atoms with van der Waals surface area (Å²) in [7, 11) is 0. The predicted molar refractivity (Wildman–Crippen MR) is 66.1 cm³/mol. The first-order valence-corrected chi connectivity index (χ1v) is 5.90. The highest BCUT2D eigenvalue weighted by atomic mass is 19.3. The summed E-state index contributed by atoms with van der Waals surface area (Å²) in [6.45, 7) is 0.903. The van der Waals surface area contributed by atoms with Gasteiger partial charge >= 0.3 is 0 Å². The van der Waals surface area contributed by atoms with Crippen LogP contribution in [-0.2, 0) is 9.53 Å². The van der Waals surface area contributed by atoms with Gasteiger partial charge in [0.2, 0.25) is 0 Å². The molecule has 1 aliphatic rings. The minimum absolute atomic E-state index is 0.171. The molecule has 0 amide bonds. The van der Waals surface area contributed by atoms with Crippen molar-refractivity contribution in [1.29, 1.82) is 0 Å². The highest BCUT2D eigenvalue weighted by Crippen LogP contribution is 2.33. The molecule has 1 unspecified atom stereocenters. The largest absolute Gasteiger partial charge is 0.377 e. The van der Waals surface area contributed by atoms with E-state index in [9.17, 15) is 23.7 Å². The second kappa shape index (κ2) is 5.91. The van der Waals surface area contributed by atoms with E-state index in [1.54, 1.807) is 4.90 Å². The molecule has 1 atom stereocenters. The lowest BCUT2D eigenvalue weighted by molar-refractivity contribution is -0.386. The van der Waals surface area contributed by atoms with Crippen molar-refractivity contribution in [2.75, 3.05) is 24.7 Å². The molecule has 108 valence electrons. The topological polar surface area (TPSA) is 72.7 Å². The predicted octanol–water partition coefficient (Wildman–Crippen LogP) is 1.94. The van der Waals surface area contributed by atoms with Crippen LogP contribution in [0.2, 0.25) is 0 Å². The van der Waals surface area contributed by atoms with Crippen LogP contribution in [0.25, 0.3) is 0 Å². The molecule has 0 aromatic heterocycles. The molecule has 6 nitrogen and oxygen atoms in total. The molecular formula is C12H12F2N2O4. The minimum Gasteiger partial charge on any atom is -0.377 e. The van der Waals surface area contributed by atoms with E-state index in [2.05, 4.69) is 0 Å². The number of nitro groups is 1. The third kappa shape index (κ3) is 2.74. The van der Waals surface area contributed by atoms with Crippen LogP contribution in [0.1, 0.15) is 12.0 Å². The van der Waals surface area contributed by atoms with Gasteiger partial charge < -0.3 is 14.4 Å². The molecular weight excluding hydrogens is 274 g/mol. The second-order valence-corrected chi connectivity index (χ2v) is 4.27. The standard InChI is InChI=1S/C12H12F2N2O4/c13-12(14)10-5-8(1-2-11(10)16(18)19)15-3-4-20-7-9(15)6-17/h1-2,5-6,9,12H,3-4,7H2. The Morgan fingerprint density at radius 2 is 2.25 bits per heavy atom. The van der Waals surface area contributed by atoms with E-state index < -0.39 is 28.6 Å². The summed E-state index contributed by atoms with van der Waals surface area (Å²) >= 11 is 0. The monoisotopic (exact) mass is 286 g/mol. The summed E-state index contributed by atoms with van der Waals surface area (Å²) in [6, 6.07) is 2.89. The molecule has 0 radical (unpaired) electrons. The van der Waals surface area contributed by atoms with Crippen LogP contribution in [0.15, 0.2) is 18.2 Å². The Bertz CT molecular complexity index is 524. The zero-order valence-corrected chi connectivity index (χ0v) is 10.4. The molecule has 1 saturated heterocycles. The molecule has 1 aliphatic heterocycles. The van der Waals surface area contributed by atoms with E-state index in [0.717, 1.165) is 12.1 Å². The molecule has 0 spiro atoms. The van der Waals surface area contributed by atoms with Gasteiger partial charge in [-0.3, -0.25) is 10.1 Å². The highest BCUT2D eigenvalue weighted by Gasteiger charge is 2.27. The summed E-state index contributed by atoms with van der Waals surface area (Å²) in [5.74, 6) is 0. The number of alkyl halides is 2. The van der Waals surface area contributed by atoms with Gasteiger partial charge in [0.25, 0.3) is 12.1 Å². The highest BCUT2D eigenvalue weighted by molar-refractivity contribution is 5.68. The number of anilines is 1. The maximum atomic E-state index is 12.9. The van der Waals surface area contributed by atoms with Crippen LogP contribution in [0.4, 0.5) is 20.2 Å². The zero-order chi connectivity index (χ0) is 14.7. The number of aldehydes is 1. The number of carbonyl (C=O) groups is 1. The third-order valence-corrected chi connectivity index (χ3v) is 3.10. The van der Waals surface area contributed by atoms with E-state index >= 15 is 0 Å². The lowest BCUT2D eigenvalue weighted by atomic mass is 10.1. The van der Waals surface area contributed by atoms with Crippen LogP contribution in [0.3, 0.4) is 0 Å². The fourth-order valence-corrected chi connectivity index (χ4v) is 2.12. The van der Waals surface area contributed by atoms with Crippen LogP contribution < -0.4 is 4.90 Å². The quantitative estimate of drug-likeness (QED) is 0.480. The number of nitrogens with zero attached hydrogens (tertiary/aromatic N) is 2. The van der Waals surface area contributed by atoms with Crippen LogP contribution in [0, 0.1) is 10.1 Å². The number of ether oxygens (including phenoxy) is 1. The van der Waals surface area contributed by atoms with Gasteiger partial charge in [-0.1, -0.05) is 0 Å². The molecule has 1 aromatic rings. The number of halogens is 2. The summed E-state index contributed by atoms with van der Waals surface area (Å²) in [5.41, 5.74) is -0.922. The van der Waals surface area contributed by atoms with Crippen LogP contribution in [-0.4, -0.2) is 37.0 Å². The van der Waals surface area contributed by atoms with Gasteiger partial charge in [-0.25, -0.2) is 8.78 Å². The Morgan fingerprint density at radius 1 is 1.50 bits per heavy atom. The number of rotatable bonds is 4. The van der Waals surface area contributed by atoms with Gasteiger partial charge in [0, 0.05) is 18.3 Å². The van der Waals surface area contributed by atoms with Crippen molar-refractivity contribution in [2.45, 2.75) is 12.5 Å².